The number of hydrogen-bond donors (Lipinski definition) is 1. The van der Waals surface area contributed by atoms with Gasteiger partial charge in [-0.15, -0.1) is 11.3 Å². The van der Waals surface area contributed by atoms with Crippen LogP contribution in [-0.4, -0.2) is 38.7 Å². The number of amides is 1. The van der Waals surface area contributed by atoms with Crippen molar-refractivity contribution in [2.75, 3.05) is 23.7 Å². The van der Waals surface area contributed by atoms with E-state index in [0.29, 0.717) is 13.0 Å². The number of nitrogens with zero attached hydrogens (tertiary/aromatic N) is 2. The second-order valence-electron chi connectivity index (χ2n) is 5.54. The summed E-state index contributed by atoms with van der Waals surface area (Å²) in [6.45, 7) is 2.15. The number of carbonyl (C=O) groups excluding carboxylic acids is 1. The third-order valence-electron chi connectivity index (χ3n) is 4.07. The van der Waals surface area contributed by atoms with E-state index in [2.05, 4.69) is 10.3 Å². The molecule has 0 bridgehead atoms. The highest BCUT2D eigenvalue weighted by Gasteiger charge is 2.28. The van der Waals surface area contributed by atoms with Gasteiger partial charge >= 0.3 is 0 Å². The number of aromatic nitrogens is 1. The lowest BCUT2D eigenvalue weighted by Gasteiger charge is -2.18. The van der Waals surface area contributed by atoms with Crippen LogP contribution in [0.1, 0.15) is 17.5 Å². The first-order chi connectivity index (χ1) is 11.4. The molecule has 0 unspecified atom stereocenters. The molecule has 128 valence electrons. The molecular formula is C16H19N3O3S2. The van der Waals surface area contributed by atoms with E-state index in [1.165, 1.54) is 15.6 Å². The number of benzene rings is 1. The van der Waals surface area contributed by atoms with Crippen molar-refractivity contribution in [3.63, 3.8) is 0 Å². The van der Waals surface area contributed by atoms with Crippen molar-refractivity contribution in [3.05, 3.63) is 34.2 Å². The van der Waals surface area contributed by atoms with Gasteiger partial charge in [-0.2, -0.15) is 0 Å². The molecule has 0 aliphatic carbocycles. The molecule has 1 amide bonds. The van der Waals surface area contributed by atoms with Crippen LogP contribution in [0.2, 0.25) is 0 Å². The van der Waals surface area contributed by atoms with Gasteiger partial charge in [0, 0.05) is 24.5 Å². The Morgan fingerprint density at radius 1 is 1.42 bits per heavy atom. The predicted octanol–water partition coefficient (Wildman–Crippen LogP) is 1.81. The number of hydrogen-bond acceptors (Lipinski definition) is 5. The first-order valence-corrected chi connectivity index (χ1v) is 10.2. The standard InChI is InChI=1S/C16H19N3O3S2/c1-3-24(21,22)19-7-6-12-8-11(4-5-14(12)19)13-10-23-16(18-13)9-15(20)17-2/h4-5,8,10H,3,6-7,9H2,1-2H3,(H,17,20). The van der Waals surface area contributed by atoms with Crippen LogP contribution in [0.3, 0.4) is 0 Å². The molecule has 8 heteroatoms. The Morgan fingerprint density at radius 2 is 2.21 bits per heavy atom. The molecule has 1 N–H and O–H groups in total. The summed E-state index contributed by atoms with van der Waals surface area (Å²) in [6.07, 6.45) is 0.978. The molecule has 1 aliphatic heterocycles. The van der Waals surface area contributed by atoms with Crippen molar-refractivity contribution in [3.8, 4) is 11.3 Å². The molecule has 3 rings (SSSR count). The fourth-order valence-electron chi connectivity index (χ4n) is 2.73. The van der Waals surface area contributed by atoms with Crippen molar-refractivity contribution < 1.29 is 13.2 Å². The lowest BCUT2D eigenvalue weighted by molar-refractivity contribution is -0.119. The van der Waals surface area contributed by atoms with Crippen molar-refractivity contribution >= 4 is 33.0 Å². The number of likely N-dealkylation sites (N-methyl/N-ethyl adjacent to an activating group) is 1. The van der Waals surface area contributed by atoms with Crippen LogP contribution >= 0.6 is 11.3 Å². The van der Waals surface area contributed by atoms with Crippen LogP contribution in [0.25, 0.3) is 11.3 Å². The molecule has 0 atom stereocenters. The highest BCUT2D eigenvalue weighted by Crippen LogP contribution is 2.34. The molecule has 1 aliphatic rings. The molecule has 0 saturated carbocycles. The van der Waals surface area contributed by atoms with Crippen molar-refractivity contribution in [2.24, 2.45) is 0 Å². The van der Waals surface area contributed by atoms with Crippen LogP contribution in [-0.2, 0) is 27.7 Å². The highest BCUT2D eigenvalue weighted by atomic mass is 32.2. The Balaban J connectivity index is 1.87. The summed E-state index contributed by atoms with van der Waals surface area (Å²) in [5.74, 6) is 0.0358. The Bertz CT molecular complexity index is 874. The van der Waals surface area contributed by atoms with Gasteiger partial charge in [0.15, 0.2) is 0 Å². The maximum atomic E-state index is 12.1. The van der Waals surface area contributed by atoms with E-state index in [4.69, 9.17) is 0 Å². The van der Waals surface area contributed by atoms with E-state index in [9.17, 15) is 13.2 Å². The third-order valence-corrected chi connectivity index (χ3v) is 6.70. The number of thiazole rings is 1. The predicted molar refractivity (Wildman–Crippen MR) is 95.8 cm³/mol. The fraction of sp³-hybridized carbons (Fsp3) is 0.375. The smallest absolute Gasteiger partial charge is 0.234 e. The van der Waals surface area contributed by atoms with Gasteiger partial charge in [0.05, 0.1) is 23.6 Å². The minimum atomic E-state index is -3.23. The highest BCUT2D eigenvalue weighted by molar-refractivity contribution is 7.92. The third kappa shape index (κ3) is 3.16. The van der Waals surface area contributed by atoms with Crippen LogP contribution in [0.4, 0.5) is 5.69 Å². The Kier molecular flexibility index (Phi) is 4.60. The number of carbonyl (C=O) groups is 1. The van der Waals surface area contributed by atoms with E-state index >= 15 is 0 Å². The van der Waals surface area contributed by atoms with Gasteiger partial charge in [0.1, 0.15) is 5.01 Å². The summed E-state index contributed by atoms with van der Waals surface area (Å²) in [5.41, 5.74) is 3.55. The molecule has 1 aromatic heterocycles. The zero-order valence-corrected chi connectivity index (χ0v) is 15.2. The first-order valence-electron chi connectivity index (χ1n) is 7.73. The molecule has 0 saturated heterocycles. The lowest BCUT2D eigenvalue weighted by atomic mass is 10.1. The fourth-order valence-corrected chi connectivity index (χ4v) is 4.69. The van der Waals surface area contributed by atoms with E-state index in [1.54, 1.807) is 14.0 Å². The first kappa shape index (κ1) is 16.9. The van der Waals surface area contributed by atoms with Crippen molar-refractivity contribution in [1.82, 2.24) is 10.3 Å². The van der Waals surface area contributed by atoms with Crippen molar-refractivity contribution in [2.45, 2.75) is 19.8 Å². The molecule has 2 heterocycles. The van der Waals surface area contributed by atoms with Crippen LogP contribution in [0.15, 0.2) is 23.6 Å². The second-order valence-corrected chi connectivity index (χ2v) is 8.67. The summed E-state index contributed by atoms with van der Waals surface area (Å²) in [6, 6.07) is 5.74. The molecule has 0 fully saturated rings. The summed E-state index contributed by atoms with van der Waals surface area (Å²) in [5, 5.41) is 5.28. The number of fused-ring (bicyclic) bond motifs is 1. The maximum Gasteiger partial charge on any atom is 0.234 e. The summed E-state index contributed by atoms with van der Waals surface area (Å²) in [7, 11) is -1.62. The number of anilines is 1. The quantitative estimate of drug-likeness (QED) is 0.876. The maximum absolute atomic E-state index is 12.1. The minimum Gasteiger partial charge on any atom is -0.359 e. The molecule has 1 aromatic carbocycles. The Hall–Kier alpha value is -1.93. The molecule has 0 radical (unpaired) electrons. The summed E-state index contributed by atoms with van der Waals surface area (Å²) < 4.78 is 25.8. The van der Waals surface area contributed by atoms with Gasteiger partial charge in [-0.1, -0.05) is 6.07 Å². The second kappa shape index (κ2) is 6.52. The summed E-state index contributed by atoms with van der Waals surface area (Å²) in [4.78, 5) is 15.9. The molecule has 24 heavy (non-hydrogen) atoms. The Morgan fingerprint density at radius 3 is 2.92 bits per heavy atom. The Labute approximate surface area is 145 Å². The van der Waals surface area contributed by atoms with Crippen molar-refractivity contribution in [1.29, 1.82) is 0 Å². The minimum absolute atomic E-state index is 0.0646. The number of rotatable bonds is 5. The summed E-state index contributed by atoms with van der Waals surface area (Å²) >= 11 is 1.45. The monoisotopic (exact) mass is 365 g/mol. The molecular weight excluding hydrogens is 346 g/mol. The van der Waals surface area contributed by atoms with E-state index < -0.39 is 10.0 Å². The van der Waals surface area contributed by atoms with Gasteiger partial charge in [-0.3, -0.25) is 9.10 Å². The average Bonchev–Trinajstić information content (AvgIpc) is 3.20. The zero-order valence-electron chi connectivity index (χ0n) is 13.6. The van der Waals surface area contributed by atoms with Gasteiger partial charge in [-0.25, -0.2) is 13.4 Å². The van der Waals surface area contributed by atoms with Crippen LogP contribution in [0.5, 0.6) is 0 Å². The van der Waals surface area contributed by atoms with E-state index in [-0.39, 0.29) is 18.1 Å². The molecule has 0 spiro atoms. The lowest BCUT2D eigenvalue weighted by Crippen LogP contribution is -2.30. The SMILES string of the molecule is CCS(=O)(=O)N1CCc2cc(-c3csc(CC(=O)NC)n3)ccc21. The van der Waals surface area contributed by atoms with E-state index in [0.717, 1.165) is 27.5 Å². The average molecular weight is 365 g/mol. The van der Waals surface area contributed by atoms with Gasteiger partial charge in [0.25, 0.3) is 0 Å². The molecule has 2 aromatic rings. The number of nitrogens with one attached hydrogen (secondary N) is 1. The van der Waals surface area contributed by atoms with Gasteiger partial charge in [-0.05, 0) is 31.0 Å². The van der Waals surface area contributed by atoms with Crippen LogP contribution in [0, 0.1) is 0 Å². The largest absolute Gasteiger partial charge is 0.359 e. The topological polar surface area (TPSA) is 79.4 Å². The van der Waals surface area contributed by atoms with Gasteiger partial charge in [0.2, 0.25) is 15.9 Å². The van der Waals surface area contributed by atoms with E-state index in [1.807, 2.05) is 23.6 Å². The van der Waals surface area contributed by atoms with Gasteiger partial charge < -0.3 is 5.32 Å². The van der Waals surface area contributed by atoms with Crippen LogP contribution < -0.4 is 9.62 Å². The molecule has 6 nitrogen and oxygen atoms in total. The normalized spacial score (nSPS) is 13.8. The zero-order chi connectivity index (χ0) is 17.3. The number of sulfonamides is 1.